The number of aryl methyl sites for hydroxylation is 1. The summed E-state index contributed by atoms with van der Waals surface area (Å²) < 4.78 is 5.30. The van der Waals surface area contributed by atoms with Crippen molar-refractivity contribution in [3.63, 3.8) is 0 Å². The number of nitrogens with one attached hydrogen (secondary N) is 1. The lowest BCUT2D eigenvalue weighted by Gasteiger charge is -2.26. The van der Waals surface area contributed by atoms with Crippen LogP contribution < -0.4 is 11.1 Å². The summed E-state index contributed by atoms with van der Waals surface area (Å²) in [6.07, 6.45) is 1.77. The summed E-state index contributed by atoms with van der Waals surface area (Å²) in [6, 6.07) is 8.17. The molecular formula is C17H27ClN2O2S. The summed E-state index contributed by atoms with van der Waals surface area (Å²) in [5, 5.41) is 2.95. The summed E-state index contributed by atoms with van der Waals surface area (Å²) in [6.45, 7) is 4.20. The second-order valence-corrected chi connectivity index (χ2v) is 6.91. The van der Waals surface area contributed by atoms with Crippen molar-refractivity contribution in [3.05, 3.63) is 35.4 Å². The molecule has 3 N–H and O–H groups in total. The van der Waals surface area contributed by atoms with Crippen LogP contribution >= 0.6 is 24.2 Å². The summed E-state index contributed by atoms with van der Waals surface area (Å²) >= 11 is 1.83. The molecule has 1 heterocycles. The second-order valence-electron chi connectivity index (χ2n) is 5.80. The summed E-state index contributed by atoms with van der Waals surface area (Å²) in [5.41, 5.74) is 8.64. The van der Waals surface area contributed by atoms with Crippen LogP contribution in [0.3, 0.4) is 0 Å². The van der Waals surface area contributed by atoms with E-state index in [1.807, 2.05) is 11.8 Å². The lowest BCUT2D eigenvalue weighted by atomic mass is 9.92. The minimum atomic E-state index is -0.397. The molecule has 0 radical (unpaired) electrons. The van der Waals surface area contributed by atoms with Crippen LogP contribution in [0.1, 0.15) is 24.0 Å². The van der Waals surface area contributed by atoms with Crippen molar-refractivity contribution in [1.29, 1.82) is 0 Å². The lowest BCUT2D eigenvalue weighted by molar-refractivity contribution is -0.124. The smallest absolute Gasteiger partial charge is 0.237 e. The Kier molecular flexibility index (Phi) is 9.63. The van der Waals surface area contributed by atoms with Crippen molar-refractivity contribution < 1.29 is 9.53 Å². The van der Waals surface area contributed by atoms with Crippen LogP contribution in [0, 0.1) is 12.8 Å². The molecule has 0 saturated carbocycles. The van der Waals surface area contributed by atoms with Crippen molar-refractivity contribution in [2.45, 2.75) is 31.6 Å². The monoisotopic (exact) mass is 358 g/mol. The number of ether oxygens (including phenoxy) is 1. The first-order valence-electron chi connectivity index (χ1n) is 7.91. The molecule has 1 saturated heterocycles. The molecule has 0 aliphatic carbocycles. The Morgan fingerprint density at radius 1 is 1.35 bits per heavy atom. The van der Waals surface area contributed by atoms with Crippen LogP contribution in [0.4, 0.5) is 0 Å². The maximum atomic E-state index is 12.0. The molecule has 0 aromatic heterocycles. The van der Waals surface area contributed by atoms with E-state index in [-0.39, 0.29) is 24.2 Å². The van der Waals surface area contributed by atoms with Gasteiger partial charge >= 0.3 is 0 Å². The van der Waals surface area contributed by atoms with Gasteiger partial charge in [-0.15, -0.1) is 12.4 Å². The largest absolute Gasteiger partial charge is 0.381 e. The van der Waals surface area contributed by atoms with E-state index in [0.717, 1.165) is 37.6 Å². The maximum Gasteiger partial charge on any atom is 0.237 e. The summed E-state index contributed by atoms with van der Waals surface area (Å²) in [7, 11) is 0. The van der Waals surface area contributed by atoms with E-state index >= 15 is 0 Å². The molecule has 1 aromatic carbocycles. The van der Waals surface area contributed by atoms with Crippen molar-refractivity contribution in [2.75, 3.05) is 25.5 Å². The molecule has 1 aliphatic rings. The van der Waals surface area contributed by atoms with E-state index in [1.165, 1.54) is 11.1 Å². The van der Waals surface area contributed by atoms with Gasteiger partial charge in [-0.05, 0) is 31.2 Å². The van der Waals surface area contributed by atoms with Crippen LogP contribution in [-0.2, 0) is 15.3 Å². The predicted molar refractivity (Wildman–Crippen MR) is 99.1 cm³/mol. The Bertz CT molecular complexity index is 464. The SMILES string of the molecule is Cc1ccc(CSCCNC(=O)C(N)C2CCOCC2)cc1.Cl. The molecule has 0 spiro atoms. The van der Waals surface area contributed by atoms with Gasteiger partial charge in [0.15, 0.2) is 0 Å². The standard InChI is InChI=1S/C17H26N2O2S.ClH/c1-13-2-4-14(5-3-13)12-22-11-8-19-17(20)16(18)15-6-9-21-10-7-15;/h2-5,15-16H,6-12,18H2,1H3,(H,19,20);1H. The molecule has 1 aliphatic heterocycles. The zero-order valence-corrected chi connectivity index (χ0v) is 15.3. The Morgan fingerprint density at radius 2 is 2.00 bits per heavy atom. The van der Waals surface area contributed by atoms with Crippen LogP contribution in [-0.4, -0.2) is 37.5 Å². The number of carbonyl (C=O) groups is 1. The Morgan fingerprint density at radius 3 is 2.65 bits per heavy atom. The highest BCUT2D eigenvalue weighted by Crippen LogP contribution is 2.17. The van der Waals surface area contributed by atoms with E-state index < -0.39 is 6.04 Å². The number of rotatable bonds is 7. The summed E-state index contributed by atoms with van der Waals surface area (Å²) in [4.78, 5) is 12.0. The Hall–Kier alpha value is -0.750. The molecule has 2 rings (SSSR count). The molecule has 0 bridgehead atoms. The second kappa shape index (κ2) is 10.9. The molecule has 1 atom stereocenters. The molecule has 1 aromatic rings. The molecule has 6 heteroatoms. The number of benzene rings is 1. The van der Waals surface area contributed by atoms with Gasteiger partial charge in [0, 0.05) is 31.3 Å². The highest BCUT2D eigenvalue weighted by Gasteiger charge is 2.26. The summed E-state index contributed by atoms with van der Waals surface area (Å²) in [5.74, 6) is 2.11. The van der Waals surface area contributed by atoms with Gasteiger partial charge in [0.05, 0.1) is 6.04 Å². The van der Waals surface area contributed by atoms with Crippen LogP contribution in [0.5, 0.6) is 0 Å². The van der Waals surface area contributed by atoms with E-state index in [2.05, 4.69) is 36.5 Å². The van der Waals surface area contributed by atoms with Gasteiger partial charge in [0.1, 0.15) is 0 Å². The minimum Gasteiger partial charge on any atom is -0.381 e. The average Bonchev–Trinajstić information content (AvgIpc) is 2.56. The Labute approximate surface area is 149 Å². The minimum absolute atomic E-state index is 0. The zero-order chi connectivity index (χ0) is 15.8. The van der Waals surface area contributed by atoms with Crippen molar-refractivity contribution in [2.24, 2.45) is 11.7 Å². The number of hydrogen-bond donors (Lipinski definition) is 2. The highest BCUT2D eigenvalue weighted by molar-refractivity contribution is 7.98. The quantitative estimate of drug-likeness (QED) is 0.735. The van der Waals surface area contributed by atoms with E-state index in [1.54, 1.807) is 0 Å². The van der Waals surface area contributed by atoms with Gasteiger partial charge in [0.2, 0.25) is 5.91 Å². The topological polar surface area (TPSA) is 64.4 Å². The fourth-order valence-corrected chi connectivity index (χ4v) is 3.35. The van der Waals surface area contributed by atoms with Gasteiger partial charge < -0.3 is 15.8 Å². The molecular weight excluding hydrogens is 332 g/mol. The highest BCUT2D eigenvalue weighted by atomic mass is 35.5. The molecule has 1 unspecified atom stereocenters. The fourth-order valence-electron chi connectivity index (χ4n) is 2.53. The average molecular weight is 359 g/mol. The van der Waals surface area contributed by atoms with E-state index in [9.17, 15) is 4.79 Å². The number of amides is 1. The van der Waals surface area contributed by atoms with Crippen LogP contribution in [0.15, 0.2) is 24.3 Å². The maximum absolute atomic E-state index is 12.0. The number of thioether (sulfide) groups is 1. The van der Waals surface area contributed by atoms with Gasteiger partial charge in [-0.1, -0.05) is 29.8 Å². The van der Waals surface area contributed by atoms with Gasteiger partial charge in [-0.25, -0.2) is 0 Å². The first-order chi connectivity index (χ1) is 10.7. The lowest BCUT2D eigenvalue weighted by Crippen LogP contribution is -2.47. The molecule has 23 heavy (non-hydrogen) atoms. The zero-order valence-electron chi connectivity index (χ0n) is 13.6. The van der Waals surface area contributed by atoms with Crippen molar-refractivity contribution in [3.8, 4) is 0 Å². The van der Waals surface area contributed by atoms with Gasteiger partial charge in [-0.3, -0.25) is 4.79 Å². The van der Waals surface area contributed by atoms with Gasteiger partial charge in [-0.2, -0.15) is 11.8 Å². The third-order valence-corrected chi connectivity index (χ3v) is 5.04. The first kappa shape index (κ1) is 20.3. The first-order valence-corrected chi connectivity index (χ1v) is 9.06. The fraction of sp³-hybridized carbons (Fsp3) is 0.588. The molecule has 4 nitrogen and oxygen atoms in total. The normalized spacial score (nSPS) is 16.4. The number of carbonyl (C=O) groups excluding carboxylic acids is 1. The number of halogens is 1. The third kappa shape index (κ3) is 7.12. The molecule has 130 valence electrons. The van der Waals surface area contributed by atoms with Crippen LogP contribution in [0.2, 0.25) is 0 Å². The number of hydrogen-bond acceptors (Lipinski definition) is 4. The molecule has 1 amide bonds. The molecule has 1 fully saturated rings. The van der Waals surface area contributed by atoms with E-state index in [0.29, 0.717) is 6.54 Å². The van der Waals surface area contributed by atoms with E-state index in [4.69, 9.17) is 10.5 Å². The van der Waals surface area contributed by atoms with Crippen molar-refractivity contribution in [1.82, 2.24) is 5.32 Å². The Balaban J connectivity index is 0.00000264. The van der Waals surface area contributed by atoms with Gasteiger partial charge in [0.25, 0.3) is 0 Å². The third-order valence-electron chi connectivity index (χ3n) is 4.01. The predicted octanol–water partition coefficient (Wildman–Crippen LogP) is 2.52. The van der Waals surface area contributed by atoms with Crippen molar-refractivity contribution >= 4 is 30.1 Å². The number of nitrogens with two attached hydrogens (primary N) is 1. The van der Waals surface area contributed by atoms with Crippen LogP contribution in [0.25, 0.3) is 0 Å².